The van der Waals surface area contributed by atoms with Crippen LogP contribution >= 0.6 is 22.6 Å². The highest BCUT2D eigenvalue weighted by molar-refractivity contribution is 14.1. The molecule has 1 aromatic carbocycles. The molecular formula is C12H15IO. The van der Waals surface area contributed by atoms with Crippen molar-refractivity contribution in [2.45, 2.75) is 26.7 Å². The van der Waals surface area contributed by atoms with Gasteiger partial charge in [-0.15, -0.1) is 0 Å². The molecule has 1 aromatic rings. The first-order valence-electron chi connectivity index (χ1n) is 4.88. The van der Waals surface area contributed by atoms with Crippen molar-refractivity contribution in [2.75, 3.05) is 0 Å². The molecule has 0 heterocycles. The Kier molecular flexibility index (Phi) is 4.58. The van der Waals surface area contributed by atoms with Crippen LogP contribution < -0.4 is 0 Å². The van der Waals surface area contributed by atoms with Gasteiger partial charge in [0.2, 0.25) is 0 Å². The largest absolute Gasteiger partial charge is 0.294 e. The van der Waals surface area contributed by atoms with Crippen molar-refractivity contribution < 1.29 is 4.79 Å². The van der Waals surface area contributed by atoms with Crippen LogP contribution in [0.1, 0.15) is 37.0 Å². The summed E-state index contributed by atoms with van der Waals surface area (Å²) in [6.45, 7) is 4.28. The fraction of sp³-hybridized carbons (Fsp3) is 0.417. The van der Waals surface area contributed by atoms with Gasteiger partial charge >= 0.3 is 0 Å². The second-order valence-electron chi connectivity index (χ2n) is 3.86. The van der Waals surface area contributed by atoms with Gasteiger partial charge in [0.15, 0.2) is 5.78 Å². The molecule has 0 amide bonds. The van der Waals surface area contributed by atoms with E-state index < -0.39 is 0 Å². The maximum atomic E-state index is 11.7. The summed E-state index contributed by atoms with van der Waals surface area (Å²) in [5, 5.41) is 0. The van der Waals surface area contributed by atoms with Gasteiger partial charge in [-0.05, 0) is 47.1 Å². The molecule has 0 aliphatic heterocycles. The molecule has 76 valence electrons. The summed E-state index contributed by atoms with van der Waals surface area (Å²) < 4.78 is 1.17. The maximum Gasteiger partial charge on any atom is 0.162 e. The topological polar surface area (TPSA) is 17.1 Å². The molecule has 0 N–H and O–H groups in total. The predicted molar refractivity (Wildman–Crippen MR) is 67.6 cm³/mol. The summed E-state index contributed by atoms with van der Waals surface area (Å²) in [5.74, 6) is 0.859. The standard InChI is InChI=1S/C12H15IO/c1-9(2)3-8-12(14)10-4-6-11(13)7-5-10/h4-7,9H,3,8H2,1-2H3. The molecule has 0 bridgehead atoms. The highest BCUT2D eigenvalue weighted by Crippen LogP contribution is 2.12. The lowest BCUT2D eigenvalue weighted by Crippen LogP contribution is -2.01. The van der Waals surface area contributed by atoms with Gasteiger partial charge in [-0.25, -0.2) is 0 Å². The van der Waals surface area contributed by atoms with Gasteiger partial charge < -0.3 is 0 Å². The first kappa shape index (κ1) is 11.7. The Balaban J connectivity index is 2.57. The minimum atomic E-state index is 0.259. The number of rotatable bonds is 4. The Bertz CT molecular complexity index is 301. The van der Waals surface area contributed by atoms with Crippen molar-refractivity contribution >= 4 is 28.4 Å². The van der Waals surface area contributed by atoms with Crippen LogP contribution in [0.5, 0.6) is 0 Å². The van der Waals surface area contributed by atoms with E-state index in [4.69, 9.17) is 0 Å². The van der Waals surface area contributed by atoms with Gasteiger partial charge in [-0.2, -0.15) is 0 Å². The summed E-state index contributed by atoms with van der Waals surface area (Å²) >= 11 is 2.24. The van der Waals surface area contributed by atoms with Crippen LogP contribution in [0.3, 0.4) is 0 Å². The second kappa shape index (κ2) is 5.49. The monoisotopic (exact) mass is 302 g/mol. The number of hydrogen-bond acceptors (Lipinski definition) is 1. The third-order valence-electron chi connectivity index (χ3n) is 2.11. The van der Waals surface area contributed by atoms with Gasteiger partial charge in [0.05, 0.1) is 0 Å². The Morgan fingerprint density at radius 3 is 2.36 bits per heavy atom. The molecule has 14 heavy (non-hydrogen) atoms. The zero-order valence-electron chi connectivity index (χ0n) is 8.59. The molecule has 0 aromatic heterocycles. The van der Waals surface area contributed by atoms with Crippen molar-refractivity contribution in [3.05, 3.63) is 33.4 Å². The second-order valence-corrected chi connectivity index (χ2v) is 5.11. The predicted octanol–water partition coefficient (Wildman–Crippen LogP) is 3.91. The molecule has 0 saturated carbocycles. The van der Waals surface area contributed by atoms with E-state index in [1.54, 1.807) is 0 Å². The fourth-order valence-electron chi connectivity index (χ4n) is 1.20. The third kappa shape index (κ3) is 3.78. The molecule has 0 aliphatic carbocycles. The van der Waals surface area contributed by atoms with Crippen molar-refractivity contribution in [3.8, 4) is 0 Å². The van der Waals surface area contributed by atoms with Crippen molar-refractivity contribution in [1.29, 1.82) is 0 Å². The number of ketones is 1. The average Bonchev–Trinajstić information content (AvgIpc) is 2.15. The van der Waals surface area contributed by atoms with Crippen LogP contribution in [-0.2, 0) is 0 Å². The van der Waals surface area contributed by atoms with E-state index in [-0.39, 0.29) is 5.78 Å². The number of hydrogen-bond donors (Lipinski definition) is 0. The molecule has 0 aliphatic rings. The smallest absolute Gasteiger partial charge is 0.162 e. The minimum Gasteiger partial charge on any atom is -0.294 e. The number of carbonyl (C=O) groups is 1. The molecule has 0 radical (unpaired) electrons. The summed E-state index contributed by atoms with van der Waals surface area (Å²) in [4.78, 5) is 11.7. The third-order valence-corrected chi connectivity index (χ3v) is 2.83. The minimum absolute atomic E-state index is 0.259. The number of halogens is 1. The van der Waals surface area contributed by atoms with Crippen molar-refractivity contribution in [1.82, 2.24) is 0 Å². The maximum absolute atomic E-state index is 11.7. The van der Waals surface area contributed by atoms with E-state index in [0.717, 1.165) is 12.0 Å². The molecule has 0 saturated heterocycles. The number of Topliss-reactive ketones (excluding diaryl/α,β-unsaturated/α-hetero) is 1. The van der Waals surface area contributed by atoms with E-state index in [1.165, 1.54) is 3.57 Å². The first-order chi connectivity index (χ1) is 6.59. The molecule has 2 heteroatoms. The van der Waals surface area contributed by atoms with Gasteiger partial charge in [0, 0.05) is 15.6 Å². The highest BCUT2D eigenvalue weighted by atomic mass is 127. The van der Waals surface area contributed by atoms with Gasteiger partial charge in [-0.3, -0.25) is 4.79 Å². The van der Waals surface area contributed by atoms with Crippen LogP contribution in [0, 0.1) is 9.49 Å². The lowest BCUT2D eigenvalue weighted by Gasteiger charge is -2.03. The zero-order chi connectivity index (χ0) is 10.6. The first-order valence-corrected chi connectivity index (χ1v) is 5.96. The van der Waals surface area contributed by atoms with E-state index in [9.17, 15) is 4.79 Å². The number of carbonyl (C=O) groups excluding carboxylic acids is 1. The molecule has 0 unspecified atom stereocenters. The lowest BCUT2D eigenvalue weighted by atomic mass is 10.0. The fourth-order valence-corrected chi connectivity index (χ4v) is 1.56. The summed E-state index contributed by atoms with van der Waals surface area (Å²) in [7, 11) is 0. The van der Waals surface area contributed by atoms with Crippen molar-refractivity contribution in [3.63, 3.8) is 0 Å². The Hall–Kier alpha value is -0.380. The molecule has 1 rings (SSSR count). The van der Waals surface area contributed by atoms with E-state index in [0.29, 0.717) is 12.3 Å². The summed E-state index contributed by atoms with van der Waals surface area (Å²) in [6.07, 6.45) is 1.64. The molecule has 0 atom stereocenters. The Labute approximate surface area is 99.0 Å². The SMILES string of the molecule is CC(C)CCC(=O)c1ccc(I)cc1. The van der Waals surface area contributed by atoms with Gasteiger partial charge in [0.1, 0.15) is 0 Å². The van der Waals surface area contributed by atoms with Gasteiger partial charge in [0.25, 0.3) is 0 Å². The lowest BCUT2D eigenvalue weighted by molar-refractivity contribution is 0.0975. The molecule has 1 nitrogen and oxygen atoms in total. The summed E-state index contributed by atoms with van der Waals surface area (Å²) in [6, 6.07) is 7.77. The van der Waals surface area contributed by atoms with Crippen molar-refractivity contribution in [2.24, 2.45) is 5.92 Å². The van der Waals surface area contributed by atoms with E-state index in [2.05, 4.69) is 36.4 Å². The van der Waals surface area contributed by atoms with E-state index >= 15 is 0 Å². The molecule has 0 fully saturated rings. The average molecular weight is 302 g/mol. The Morgan fingerprint density at radius 2 is 1.86 bits per heavy atom. The van der Waals surface area contributed by atoms with E-state index in [1.807, 2.05) is 24.3 Å². The van der Waals surface area contributed by atoms with Crippen LogP contribution in [0.4, 0.5) is 0 Å². The molecule has 0 spiro atoms. The van der Waals surface area contributed by atoms with Gasteiger partial charge in [-0.1, -0.05) is 26.0 Å². The zero-order valence-corrected chi connectivity index (χ0v) is 10.7. The quantitative estimate of drug-likeness (QED) is 0.609. The highest BCUT2D eigenvalue weighted by Gasteiger charge is 2.06. The number of benzene rings is 1. The van der Waals surface area contributed by atoms with Crippen LogP contribution in [-0.4, -0.2) is 5.78 Å². The normalized spacial score (nSPS) is 10.6. The molecular weight excluding hydrogens is 287 g/mol. The van der Waals surface area contributed by atoms with Crippen LogP contribution in [0.25, 0.3) is 0 Å². The van der Waals surface area contributed by atoms with Crippen LogP contribution in [0.2, 0.25) is 0 Å². The van der Waals surface area contributed by atoms with Crippen LogP contribution in [0.15, 0.2) is 24.3 Å². The summed E-state index contributed by atoms with van der Waals surface area (Å²) in [5.41, 5.74) is 0.839. The Morgan fingerprint density at radius 1 is 1.29 bits per heavy atom.